The van der Waals surface area contributed by atoms with Gasteiger partial charge in [-0.1, -0.05) is 6.07 Å². The fourth-order valence-electron chi connectivity index (χ4n) is 1.36. The Kier molecular flexibility index (Phi) is 4.42. The number of rotatable bonds is 5. The van der Waals surface area contributed by atoms with Gasteiger partial charge in [-0.2, -0.15) is 0 Å². The molecule has 0 spiro atoms. The van der Waals surface area contributed by atoms with Gasteiger partial charge in [0, 0.05) is 6.61 Å². The highest BCUT2D eigenvalue weighted by Gasteiger charge is 2.18. The Morgan fingerprint density at radius 3 is 2.56 bits per heavy atom. The molecule has 0 fully saturated rings. The Morgan fingerprint density at radius 1 is 1.31 bits per heavy atom. The molecular formula is C11H14O5. The van der Waals surface area contributed by atoms with Crippen LogP contribution >= 0.6 is 0 Å². The summed E-state index contributed by atoms with van der Waals surface area (Å²) in [6, 6.07) is 3.98. The zero-order valence-electron chi connectivity index (χ0n) is 8.58. The maximum Gasteiger partial charge on any atom is 0.153 e. The molecule has 0 aromatic heterocycles. The predicted octanol–water partition coefficient (Wildman–Crippen LogP) is -0.0186. The minimum Gasteiger partial charge on any atom is -0.507 e. The summed E-state index contributed by atoms with van der Waals surface area (Å²) < 4.78 is 0. The summed E-state index contributed by atoms with van der Waals surface area (Å²) in [5.41, 5.74) is 0.369. The first kappa shape index (κ1) is 12.6. The number of phenols is 1. The molecule has 0 aliphatic heterocycles. The zero-order chi connectivity index (χ0) is 12.1. The quantitative estimate of drug-likeness (QED) is 0.529. The first-order chi connectivity index (χ1) is 7.60. The topological polar surface area (TPSA) is 98.0 Å². The molecule has 0 saturated carbocycles. The highest BCUT2D eigenvalue weighted by Crippen LogP contribution is 2.24. The molecule has 0 radical (unpaired) electrons. The van der Waals surface area contributed by atoms with Gasteiger partial charge in [0.15, 0.2) is 6.29 Å². The van der Waals surface area contributed by atoms with Crippen LogP contribution in [0.5, 0.6) is 5.75 Å². The zero-order valence-corrected chi connectivity index (χ0v) is 8.58. The highest BCUT2D eigenvalue weighted by atomic mass is 16.3. The van der Waals surface area contributed by atoms with Crippen molar-refractivity contribution in [1.82, 2.24) is 0 Å². The Labute approximate surface area is 92.6 Å². The second kappa shape index (κ2) is 5.60. The van der Waals surface area contributed by atoms with Crippen molar-refractivity contribution in [3.05, 3.63) is 29.3 Å². The van der Waals surface area contributed by atoms with Crippen molar-refractivity contribution in [2.75, 3.05) is 6.61 Å². The SMILES string of the molecule is O=Cc1cc(C(O)C(O)CCO)ccc1O. The first-order valence-electron chi connectivity index (χ1n) is 4.85. The second-order valence-corrected chi connectivity index (χ2v) is 3.46. The number of phenolic OH excluding ortho intramolecular Hbond substituents is 1. The number of carbonyl (C=O) groups is 1. The summed E-state index contributed by atoms with van der Waals surface area (Å²) in [5, 5.41) is 37.0. The minimum absolute atomic E-state index is 0.0401. The normalized spacial score (nSPS) is 14.4. The Balaban J connectivity index is 2.91. The van der Waals surface area contributed by atoms with Gasteiger partial charge >= 0.3 is 0 Å². The van der Waals surface area contributed by atoms with Gasteiger partial charge in [-0.3, -0.25) is 4.79 Å². The molecule has 0 amide bonds. The molecule has 4 N–H and O–H groups in total. The molecule has 1 aromatic rings. The molecule has 1 aromatic carbocycles. The summed E-state index contributed by atoms with van der Waals surface area (Å²) in [4.78, 5) is 10.6. The van der Waals surface area contributed by atoms with Gasteiger partial charge in [-0.25, -0.2) is 0 Å². The van der Waals surface area contributed by atoms with Crippen LogP contribution in [0.4, 0.5) is 0 Å². The molecule has 0 saturated heterocycles. The number of aliphatic hydroxyl groups excluding tert-OH is 3. The fourth-order valence-corrected chi connectivity index (χ4v) is 1.36. The monoisotopic (exact) mass is 226 g/mol. The molecule has 16 heavy (non-hydrogen) atoms. The first-order valence-corrected chi connectivity index (χ1v) is 4.85. The molecule has 0 aliphatic carbocycles. The van der Waals surface area contributed by atoms with Gasteiger partial charge in [0.1, 0.15) is 11.9 Å². The van der Waals surface area contributed by atoms with E-state index in [0.717, 1.165) is 0 Å². The molecule has 0 aliphatic rings. The summed E-state index contributed by atoms with van der Waals surface area (Å²) in [6.07, 6.45) is -1.79. The van der Waals surface area contributed by atoms with Crippen molar-refractivity contribution >= 4 is 6.29 Å². The lowest BCUT2D eigenvalue weighted by Gasteiger charge is -2.17. The molecule has 5 nitrogen and oxygen atoms in total. The van der Waals surface area contributed by atoms with E-state index in [1.54, 1.807) is 0 Å². The van der Waals surface area contributed by atoms with Crippen molar-refractivity contribution in [2.45, 2.75) is 18.6 Å². The number of aromatic hydroxyl groups is 1. The van der Waals surface area contributed by atoms with Crippen molar-refractivity contribution in [2.24, 2.45) is 0 Å². The standard InChI is InChI=1S/C11H14O5/c12-4-3-10(15)11(16)7-1-2-9(14)8(5-7)6-13/h1-2,5-6,10-12,14-16H,3-4H2. The van der Waals surface area contributed by atoms with Crippen LogP contribution < -0.4 is 0 Å². The van der Waals surface area contributed by atoms with Crippen LogP contribution in [0.25, 0.3) is 0 Å². The van der Waals surface area contributed by atoms with Crippen LogP contribution in [0.1, 0.15) is 28.4 Å². The van der Waals surface area contributed by atoms with Crippen molar-refractivity contribution in [1.29, 1.82) is 0 Å². The Hall–Kier alpha value is -1.43. The molecule has 5 heteroatoms. The van der Waals surface area contributed by atoms with Gasteiger partial charge in [-0.05, 0) is 24.1 Å². The van der Waals surface area contributed by atoms with E-state index in [1.807, 2.05) is 0 Å². The van der Waals surface area contributed by atoms with Crippen LogP contribution in [-0.2, 0) is 0 Å². The third kappa shape index (κ3) is 2.79. The predicted molar refractivity (Wildman–Crippen MR) is 56.2 cm³/mol. The third-order valence-electron chi connectivity index (χ3n) is 2.31. The lowest BCUT2D eigenvalue weighted by molar-refractivity contribution is 0.00417. The van der Waals surface area contributed by atoms with Crippen LogP contribution in [0, 0.1) is 0 Å². The highest BCUT2D eigenvalue weighted by molar-refractivity contribution is 5.79. The largest absolute Gasteiger partial charge is 0.507 e. The molecule has 0 bridgehead atoms. The van der Waals surface area contributed by atoms with E-state index in [-0.39, 0.29) is 24.3 Å². The van der Waals surface area contributed by atoms with Crippen LogP contribution in [0.3, 0.4) is 0 Å². The van der Waals surface area contributed by atoms with Crippen molar-refractivity contribution < 1.29 is 25.2 Å². The fraction of sp³-hybridized carbons (Fsp3) is 0.364. The summed E-state index contributed by atoms with van der Waals surface area (Å²) in [5.74, 6) is -0.178. The minimum atomic E-state index is -1.19. The second-order valence-electron chi connectivity index (χ2n) is 3.46. The van der Waals surface area contributed by atoms with Gasteiger partial charge < -0.3 is 20.4 Å². The molecule has 88 valence electrons. The summed E-state index contributed by atoms with van der Waals surface area (Å²) >= 11 is 0. The average molecular weight is 226 g/mol. The van der Waals surface area contributed by atoms with Crippen LogP contribution in [-0.4, -0.2) is 39.4 Å². The van der Waals surface area contributed by atoms with Gasteiger partial charge in [-0.15, -0.1) is 0 Å². The lowest BCUT2D eigenvalue weighted by Crippen LogP contribution is -2.19. The number of benzene rings is 1. The molecule has 2 unspecified atom stereocenters. The van der Waals surface area contributed by atoms with Crippen molar-refractivity contribution in [3.8, 4) is 5.75 Å². The average Bonchev–Trinajstić information content (AvgIpc) is 2.29. The van der Waals surface area contributed by atoms with Crippen LogP contribution in [0.2, 0.25) is 0 Å². The smallest absolute Gasteiger partial charge is 0.153 e. The number of aliphatic hydroxyl groups is 3. The van der Waals surface area contributed by atoms with E-state index in [4.69, 9.17) is 5.11 Å². The van der Waals surface area contributed by atoms with Gasteiger partial charge in [0.05, 0.1) is 11.7 Å². The van der Waals surface area contributed by atoms with Gasteiger partial charge in [0.25, 0.3) is 0 Å². The van der Waals surface area contributed by atoms with E-state index in [1.165, 1.54) is 18.2 Å². The number of hydrogen-bond acceptors (Lipinski definition) is 5. The molecule has 2 atom stereocenters. The van der Waals surface area contributed by atoms with Crippen molar-refractivity contribution in [3.63, 3.8) is 0 Å². The summed E-state index contributed by atoms with van der Waals surface area (Å²) in [7, 11) is 0. The molecule has 1 rings (SSSR count). The maximum atomic E-state index is 10.6. The number of carbonyl (C=O) groups excluding carboxylic acids is 1. The maximum absolute atomic E-state index is 10.6. The summed E-state index contributed by atoms with van der Waals surface area (Å²) in [6.45, 7) is -0.239. The van der Waals surface area contributed by atoms with E-state index >= 15 is 0 Å². The van der Waals surface area contributed by atoms with E-state index in [0.29, 0.717) is 11.8 Å². The Morgan fingerprint density at radius 2 is 2.00 bits per heavy atom. The molecular weight excluding hydrogens is 212 g/mol. The van der Waals surface area contributed by atoms with E-state index in [9.17, 15) is 20.1 Å². The Bertz CT molecular complexity index is 363. The van der Waals surface area contributed by atoms with Gasteiger partial charge in [0.2, 0.25) is 0 Å². The number of aldehydes is 1. The third-order valence-corrected chi connectivity index (χ3v) is 2.31. The van der Waals surface area contributed by atoms with Crippen LogP contribution in [0.15, 0.2) is 18.2 Å². The lowest BCUT2D eigenvalue weighted by atomic mass is 10.0. The van der Waals surface area contributed by atoms with E-state index in [2.05, 4.69) is 0 Å². The molecule has 0 heterocycles. The van der Waals surface area contributed by atoms with E-state index < -0.39 is 12.2 Å². The number of hydrogen-bond donors (Lipinski definition) is 4.